The molecule has 1 heterocycles. The lowest BCUT2D eigenvalue weighted by Crippen LogP contribution is -2.42. The van der Waals surface area contributed by atoms with Gasteiger partial charge < -0.3 is 10.1 Å². The molecular formula is C16H26N2O3S. The Labute approximate surface area is 133 Å². The van der Waals surface area contributed by atoms with Crippen LogP contribution in [0.4, 0.5) is 0 Å². The zero-order chi connectivity index (χ0) is 16.3. The Balaban J connectivity index is 2.34. The van der Waals surface area contributed by atoms with Crippen LogP contribution in [-0.4, -0.2) is 46.5 Å². The molecule has 1 saturated heterocycles. The van der Waals surface area contributed by atoms with Crippen molar-refractivity contribution in [3.05, 3.63) is 23.3 Å². The van der Waals surface area contributed by atoms with E-state index in [1.54, 1.807) is 23.5 Å². The molecule has 1 aromatic carbocycles. The molecule has 0 aromatic heterocycles. The van der Waals surface area contributed by atoms with Crippen molar-refractivity contribution >= 4 is 10.0 Å². The van der Waals surface area contributed by atoms with Gasteiger partial charge in [-0.15, -0.1) is 0 Å². The maximum absolute atomic E-state index is 13.0. The number of nitrogens with zero attached hydrogens (tertiary/aromatic N) is 1. The molecule has 0 bridgehead atoms. The van der Waals surface area contributed by atoms with Gasteiger partial charge in [0.1, 0.15) is 5.75 Å². The summed E-state index contributed by atoms with van der Waals surface area (Å²) in [7, 11) is 0.0510. The lowest BCUT2D eigenvalue weighted by Gasteiger charge is -2.32. The van der Waals surface area contributed by atoms with Crippen LogP contribution >= 0.6 is 0 Å². The molecule has 2 rings (SSSR count). The number of aryl methyl sites for hydroxylation is 2. The van der Waals surface area contributed by atoms with E-state index >= 15 is 0 Å². The van der Waals surface area contributed by atoms with E-state index in [4.69, 9.17) is 4.74 Å². The zero-order valence-electron chi connectivity index (χ0n) is 13.8. The number of ether oxygens (including phenoxy) is 1. The fourth-order valence-corrected chi connectivity index (χ4v) is 5.23. The molecule has 124 valence electrons. The van der Waals surface area contributed by atoms with Gasteiger partial charge in [-0.2, -0.15) is 4.31 Å². The normalized spacial score (nSPS) is 20.1. The van der Waals surface area contributed by atoms with Crippen LogP contribution < -0.4 is 10.1 Å². The first-order chi connectivity index (χ1) is 10.4. The Bertz CT molecular complexity index is 603. The molecule has 0 spiro atoms. The van der Waals surface area contributed by atoms with E-state index in [9.17, 15) is 8.42 Å². The van der Waals surface area contributed by atoms with Gasteiger partial charge in [-0.3, -0.25) is 0 Å². The van der Waals surface area contributed by atoms with Crippen molar-refractivity contribution < 1.29 is 13.2 Å². The minimum absolute atomic E-state index is 0.382. The number of rotatable bonds is 5. The Hall–Kier alpha value is -1.11. The quantitative estimate of drug-likeness (QED) is 0.898. The molecule has 22 heavy (non-hydrogen) atoms. The Morgan fingerprint density at radius 2 is 1.95 bits per heavy atom. The highest BCUT2D eigenvalue weighted by atomic mass is 32.2. The third-order valence-corrected chi connectivity index (χ3v) is 6.41. The fourth-order valence-electron chi connectivity index (χ4n) is 3.26. The first-order valence-electron chi connectivity index (χ1n) is 7.70. The molecular weight excluding hydrogens is 300 g/mol. The number of benzene rings is 1. The average Bonchev–Trinajstić information content (AvgIpc) is 2.46. The average molecular weight is 326 g/mol. The van der Waals surface area contributed by atoms with Gasteiger partial charge in [0.2, 0.25) is 10.0 Å². The van der Waals surface area contributed by atoms with Gasteiger partial charge in [0.15, 0.2) is 0 Å². The number of hydrogen-bond donors (Lipinski definition) is 1. The standard InChI is InChI=1S/C16H26N2O3S/c1-12-8-15(21-4)9-13(2)16(12)22(19,20)18-7-5-6-14(11-18)10-17-3/h8-9,14,17H,5-7,10-11H2,1-4H3. The lowest BCUT2D eigenvalue weighted by atomic mass is 10.00. The third kappa shape index (κ3) is 3.45. The highest BCUT2D eigenvalue weighted by molar-refractivity contribution is 7.89. The molecule has 1 aliphatic heterocycles. The predicted octanol–water partition coefficient (Wildman–Crippen LogP) is 1.93. The van der Waals surface area contributed by atoms with Gasteiger partial charge in [-0.1, -0.05) is 0 Å². The first-order valence-corrected chi connectivity index (χ1v) is 9.14. The van der Waals surface area contributed by atoms with Crippen LogP contribution in [0.25, 0.3) is 0 Å². The largest absolute Gasteiger partial charge is 0.497 e. The number of piperidine rings is 1. The van der Waals surface area contributed by atoms with Gasteiger partial charge in [-0.25, -0.2) is 8.42 Å². The molecule has 1 aromatic rings. The van der Waals surface area contributed by atoms with Crippen LogP contribution in [0.5, 0.6) is 5.75 Å². The van der Waals surface area contributed by atoms with E-state index < -0.39 is 10.0 Å². The molecule has 1 atom stereocenters. The Kier molecular flexibility index (Phi) is 5.47. The second-order valence-electron chi connectivity index (χ2n) is 6.02. The zero-order valence-corrected chi connectivity index (χ0v) is 14.7. The summed E-state index contributed by atoms with van der Waals surface area (Å²) < 4.78 is 32.9. The lowest BCUT2D eigenvalue weighted by molar-refractivity contribution is 0.263. The summed E-state index contributed by atoms with van der Waals surface area (Å²) in [6.07, 6.45) is 1.99. The Morgan fingerprint density at radius 1 is 1.32 bits per heavy atom. The molecule has 1 aliphatic rings. The molecule has 0 aliphatic carbocycles. The van der Waals surface area contributed by atoms with Gasteiger partial charge in [0.05, 0.1) is 12.0 Å². The summed E-state index contributed by atoms with van der Waals surface area (Å²) >= 11 is 0. The van der Waals surface area contributed by atoms with Crippen molar-refractivity contribution in [1.82, 2.24) is 9.62 Å². The summed E-state index contributed by atoms with van der Waals surface area (Å²) in [4.78, 5) is 0.429. The molecule has 6 heteroatoms. The van der Waals surface area contributed by atoms with Crippen LogP contribution in [-0.2, 0) is 10.0 Å². The first kappa shape index (κ1) is 17.2. The number of sulfonamides is 1. The smallest absolute Gasteiger partial charge is 0.243 e. The van der Waals surface area contributed by atoms with E-state index in [1.807, 2.05) is 20.9 Å². The van der Waals surface area contributed by atoms with E-state index in [-0.39, 0.29) is 0 Å². The molecule has 1 fully saturated rings. The van der Waals surface area contributed by atoms with Crippen LogP contribution in [0.2, 0.25) is 0 Å². The van der Waals surface area contributed by atoms with Crippen LogP contribution in [0.15, 0.2) is 17.0 Å². The van der Waals surface area contributed by atoms with Crippen LogP contribution in [0, 0.1) is 19.8 Å². The summed E-state index contributed by atoms with van der Waals surface area (Å²) in [5.74, 6) is 1.08. The van der Waals surface area contributed by atoms with Crippen molar-refractivity contribution in [3.63, 3.8) is 0 Å². The fraction of sp³-hybridized carbons (Fsp3) is 0.625. The topological polar surface area (TPSA) is 58.6 Å². The second kappa shape index (κ2) is 6.98. The second-order valence-corrected chi connectivity index (χ2v) is 7.89. The summed E-state index contributed by atoms with van der Waals surface area (Å²) in [6, 6.07) is 3.57. The summed E-state index contributed by atoms with van der Waals surface area (Å²) in [5.41, 5.74) is 1.49. The van der Waals surface area contributed by atoms with E-state index in [1.165, 1.54) is 0 Å². The minimum Gasteiger partial charge on any atom is -0.497 e. The monoisotopic (exact) mass is 326 g/mol. The van der Waals surface area contributed by atoms with Crippen molar-refractivity contribution in [3.8, 4) is 5.75 Å². The third-order valence-electron chi connectivity index (χ3n) is 4.24. The van der Waals surface area contributed by atoms with Crippen molar-refractivity contribution in [1.29, 1.82) is 0 Å². The van der Waals surface area contributed by atoms with E-state index in [0.717, 1.165) is 30.5 Å². The highest BCUT2D eigenvalue weighted by Gasteiger charge is 2.32. The van der Waals surface area contributed by atoms with Gasteiger partial charge in [0.25, 0.3) is 0 Å². The Morgan fingerprint density at radius 3 is 2.50 bits per heavy atom. The molecule has 1 unspecified atom stereocenters. The summed E-state index contributed by atoms with van der Waals surface area (Å²) in [6.45, 7) is 5.71. The molecule has 0 amide bonds. The van der Waals surface area contributed by atoms with Crippen LogP contribution in [0.1, 0.15) is 24.0 Å². The molecule has 0 radical (unpaired) electrons. The molecule has 1 N–H and O–H groups in total. The van der Waals surface area contributed by atoms with Crippen LogP contribution in [0.3, 0.4) is 0 Å². The van der Waals surface area contributed by atoms with E-state index in [0.29, 0.717) is 29.7 Å². The highest BCUT2D eigenvalue weighted by Crippen LogP contribution is 2.30. The molecule has 0 saturated carbocycles. The maximum Gasteiger partial charge on any atom is 0.243 e. The number of nitrogens with one attached hydrogen (secondary N) is 1. The van der Waals surface area contributed by atoms with Crippen molar-refractivity contribution in [2.45, 2.75) is 31.6 Å². The van der Waals surface area contributed by atoms with Gasteiger partial charge in [0, 0.05) is 13.1 Å². The van der Waals surface area contributed by atoms with E-state index in [2.05, 4.69) is 5.32 Å². The van der Waals surface area contributed by atoms with Gasteiger partial charge >= 0.3 is 0 Å². The predicted molar refractivity (Wildman–Crippen MR) is 87.9 cm³/mol. The van der Waals surface area contributed by atoms with Gasteiger partial charge in [-0.05, 0) is 69.5 Å². The van der Waals surface area contributed by atoms with Crippen molar-refractivity contribution in [2.24, 2.45) is 5.92 Å². The number of methoxy groups -OCH3 is 1. The SMILES string of the molecule is CNCC1CCCN(S(=O)(=O)c2c(C)cc(OC)cc2C)C1. The maximum atomic E-state index is 13.0. The minimum atomic E-state index is -3.45. The van der Waals surface area contributed by atoms with Crippen molar-refractivity contribution in [2.75, 3.05) is 33.8 Å². The number of hydrogen-bond acceptors (Lipinski definition) is 4. The summed E-state index contributed by atoms with van der Waals surface area (Å²) in [5, 5.41) is 3.15. The molecule has 5 nitrogen and oxygen atoms in total.